The molecular weight excluding hydrogens is 512 g/mol. The summed E-state index contributed by atoms with van der Waals surface area (Å²) in [6, 6.07) is 26.6. The molecule has 2 N–H and O–H groups in total. The molecule has 0 aliphatic carbocycles. The van der Waals surface area contributed by atoms with Crippen molar-refractivity contribution in [1.29, 1.82) is 0 Å². The van der Waals surface area contributed by atoms with Crippen molar-refractivity contribution >= 4 is 45.6 Å². The van der Waals surface area contributed by atoms with Gasteiger partial charge in [-0.25, -0.2) is 4.79 Å². The van der Waals surface area contributed by atoms with Gasteiger partial charge in [-0.15, -0.1) is 0 Å². The first-order valence-corrected chi connectivity index (χ1v) is 13.3. The van der Waals surface area contributed by atoms with E-state index in [9.17, 15) is 24.3 Å². The lowest BCUT2D eigenvalue weighted by Gasteiger charge is -2.18. The number of hydrogen-bond acceptors (Lipinski definition) is 5. The largest absolute Gasteiger partial charge is 0.478 e. The fraction of sp³-hybridized carbons (Fsp3) is 0.161. The second-order valence-electron chi connectivity index (χ2n) is 9.61. The van der Waals surface area contributed by atoms with Gasteiger partial charge in [0.1, 0.15) is 0 Å². The summed E-state index contributed by atoms with van der Waals surface area (Å²) in [6.45, 7) is 0.461. The normalized spacial score (nSPS) is 14.8. The molecule has 39 heavy (non-hydrogen) atoms. The standard InChI is InChI=1S/C31H26N2O5S/c1-33(28(34)16-20-7-10-25-17-26(30(36)37)12-11-24(25)13-20)18-21-3-2-4-23(14-21)22-8-5-19(6-9-22)15-27-29(35)32-31(38)39-27/h2-14,17,27H,15-16,18H2,1H3,(H,36,37)(H,32,35,38). The summed E-state index contributed by atoms with van der Waals surface area (Å²) in [5.41, 5.74) is 5.14. The number of amides is 3. The van der Waals surface area contributed by atoms with E-state index < -0.39 is 5.97 Å². The number of fused-ring (bicyclic) bond motifs is 1. The van der Waals surface area contributed by atoms with Crippen molar-refractivity contribution in [3.63, 3.8) is 0 Å². The molecule has 1 saturated heterocycles. The van der Waals surface area contributed by atoms with Gasteiger partial charge in [-0.3, -0.25) is 19.7 Å². The Kier molecular flexibility index (Phi) is 7.47. The molecule has 1 aliphatic heterocycles. The monoisotopic (exact) mass is 538 g/mol. The van der Waals surface area contributed by atoms with E-state index in [1.165, 1.54) is 0 Å². The lowest BCUT2D eigenvalue weighted by molar-refractivity contribution is -0.129. The summed E-state index contributed by atoms with van der Waals surface area (Å²) in [7, 11) is 1.78. The highest BCUT2D eigenvalue weighted by atomic mass is 32.2. The first kappa shape index (κ1) is 26.2. The van der Waals surface area contributed by atoms with Crippen molar-refractivity contribution in [1.82, 2.24) is 10.2 Å². The maximum atomic E-state index is 13.0. The molecule has 1 atom stereocenters. The molecule has 0 radical (unpaired) electrons. The van der Waals surface area contributed by atoms with Crippen LogP contribution in [0.15, 0.2) is 84.9 Å². The molecule has 0 spiro atoms. The highest BCUT2D eigenvalue weighted by molar-refractivity contribution is 8.15. The Hall–Kier alpha value is -4.43. The van der Waals surface area contributed by atoms with Gasteiger partial charge < -0.3 is 10.0 Å². The highest BCUT2D eigenvalue weighted by Crippen LogP contribution is 2.26. The van der Waals surface area contributed by atoms with Crippen LogP contribution in [0.5, 0.6) is 0 Å². The molecule has 3 amide bonds. The summed E-state index contributed by atoms with van der Waals surface area (Å²) in [5, 5.41) is 12.5. The number of nitrogens with one attached hydrogen (secondary N) is 1. The van der Waals surface area contributed by atoms with E-state index in [-0.39, 0.29) is 34.3 Å². The number of carbonyl (C=O) groups is 4. The number of nitrogens with zero attached hydrogens (tertiary/aromatic N) is 1. The third-order valence-electron chi connectivity index (χ3n) is 6.75. The Bertz CT molecular complexity index is 1600. The third kappa shape index (κ3) is 6.18. The van der Waals surface area contributed by atoms with E-state index in [0.29, 0.717) is 13.0 Å². The summed E-state index contributed by atoms with van der Waals surface area (Å²) in [6.07, 6.45) is 0.743. The van der Waals surface area contributed by atoms with Crippen molar-refractivity contribution in [2.75, 3.05) is 7.05 Å². The zero-order chi connectivity index (χ0) is 27.5. The SMILES string of the molecule is CN(Cc1cccc(-c2ccc(CC3SC(=O)NC3=O)cc2)c1)C(=O)Cc1ccc2cc(C(=O)O)ccc2c1. The molecule has 0 aromatic heterocycles. The third-order valence-corrected chi connectivity index (χ3v) is 7.74. The lowest BCUT2D eigenvalue weighted by Crippen LogP contribution is -2.27. The molecule has 1 aliphatic rings. The van der Waals surface area contributed by atoms with Gasteiger partial charge in [-0.1, -0.05) is 78.5 Å². The van der Waals surface area contributed by atoms with Gasteiger partial charge in [0.2, 0.25) is 11.8 Å². The number of carboxylic acids is 1. The zero-order valence-corrected chi connectivity index (χ0v) is 22.0. The minimum absolute atomic E-state index is 0.0152. The Labute approximate surface area is 229 Å². The maximum absolute atomic E-state index is 13.0. The van der Waals surface area contributed by atoms with Crippen LogP contribution in [0, 0.1) is 0 Å². The van der Waals surface area contributed by atoms with E-state index in [4.69, 9.17) is 0 Å². The first-order valence-electron chi connectivity index (χ1n) is 12.4. The summed E-state index contributed by atoms with van der Waals surface area (Å²) >= 11 is 1.03. The van der Waals surface area contributed by atoms with Crippen LogP contribution in [0.4, 0.5) is 4.79 Å². The Morgan fingerprint density at radius 3 is 2.28 bits per heavy atom. The maximum Gasteiger partial charge on any atom is 0.335 e. The predicted molar refractivity (Wildman–Crippen MR) is 152 cm³/mol. The van der Waals surface area contributed by atoms with Crippen molar-refractivity contribution in [2.24, 2.45) is 0 Å². The number of hydrogen-bond donors (Lipinski definition) is 2. The predicted octanol–water partition coefficient (Wildman–Crippen LogP) is 5.30. The summed E-state index contributed by atoms with van der Waals surface area (Å²) in [5.74, 6) is -1.22. The second kappa shape index (κ2) is 11.1. The van der Waals surface area contributed by atoms with E-state index in [1.54, 1.807) is 30.1 Å². The van der Waals surface area contributed by atoms with Crippen molar-refractivity contribution in [3.8, 4) is 11.1 Å². The van der Waals surface area contributed by atoms with E-state index in [1.807, 2.05) is 60.7 Å². The van der Waals surface area contributed by atoms with Crippen molar-refractivity contribution in [3.05, 3.63) is 107 Å². The number of rotatable bonds is 8. The van der Waals surface area contributed by atoms with E-state index in [2.05, 4.69) is 11.4 Å². The Morgan fingerprint density at radius 1 is 0.846 bits per heavy atom. The number of likely N-dealkylation sites (N-methyl/N-ethyl adjacent to an activating group) is 1. The van der Waals surface area contributed by atoms with Gasteiger partial charge >= 0.3 is 5.97 Å². The van der Waals surface area contributed by atoms with Gasteiger partial charge in [0.15, 0.2) is 0 Å². The molecule has 0 saturated carbocycles. The van der Waals surface area contributed by atoms with Crippen LogP contribution in [0.2, 0.25) is 0 Å². The van der Waals surface area contributed by atoms with E-state index >= 15 is 0 Å². The van der Waals surface area contributed by atoms with Crippen LogP contribution in [-0.4, -0.2) is 45.3 Å². The number of carboxylic acid groups (broad SMARTS) is 1. The molecular formula is C31H26N2O5S. The zero-order valence-electron chi connectivity index (χ0n) is 21.2. The average Bonchev–Trinajstić information content (AvgIpc) is 3.24. The average molecular weight is 539 g/mol. The van der Waals surface area contributed by atoms with Crippen LogP contribution in [-0.2, 0) is 29.0 Å². The molecule has 5 rings (SSSR count). The highest BCUT2D eigenvalue weighted by Gasteiger charge is 2.31. The number of aromatic carboxylic acids is 1. The van der Waals surface area contributed by atoms with Crippen molar-refractivity contribution in [2.45, 2.75) is 24.6 Å². The molecule has 1 unspecified atom stereocenters. The molecule has 7 nitrogen and oxygen atoms in total. The summed E-state index contributed by atoms with van der Waals surface area (Å²) < 4.78 is 0. The second-order valence-corrected chi connectivity index (χ2v) is 10.8. The van der Waals surface area contributed by atoms with Crippen LogP contribution in [0.1, 0.15) is 27.0 Å². The minimum atomic E-state index is -0.966. The Balaban J connectivity index is 1.22. The van der Waals surface area contributed by atoms with Crippen LogP contribution >= 0.6 is 11.8 Å². The first-order chi connectivity index (χ1) is 18.7. The van der Waals surface area contributed by atoms with Crippen LogP contribution in [0.25, 0.3) is 21.9 Å². The van der Waals surface area contributed by atoms with Crippen molar-refractivity contribution < 1.29 is 24.3 Å². The lowest BCUT2D eigenvalue weighted by atomic mass is 10.00. The fourth-order valence-electron chi connectivity index (χ4n) is 4.63. The van der Waals surface area contributed by atoms with Gasteiger partial charge in [0, 0.05) is 13.6 Å². The number of benzene rings is 4. The fourth-order valence-corrected chi connectivity index (χ4v) is 5.49. The van der Waals surface area contributed by atoms with Crippen LogP contribution < -0.4 is 5.32 Å². The number of imide groups is 1. The topological polar surface area (TPSA) is 104 Å². The minimum Gasteiger partial charge on any atom is -0.478 e. The molecule has 4 aromatic carbocycles. The quantitative estimate of drug-likeness (QED) is 0.316. The smallest absolute Gasteiger partial charge is 0.335 e. The summed E-state index contributed by atoms with van der Waals surface area (Å²) in [4.78, 5) is 49.1. The Morgan fingerprint density at radius 2 is 1.56 bits per heavy atom. The molecule has 196 valence electrons. The number of carbonyl (C=O) groups excluding carboxylic acids is 3. The van der Waals surface area contributed by atoms with Gasteiger partial charge in [0.25, 0.3) is 5.24 Å². The van der Waals surface area contributed by atoms with Gasteiger partial charge in [-0.05, 0) is 63.2 Å². The molecule has 1 fully saturated rings. The van der Waals surface area contributed by atoms with Crippen LogP contribution in [0.3, 0.4) is 0 Å². The molecule has 0 bridgehead atoms. The van der Waals surface area contributed by atoms with Gasteiger partial charge in [0.05, 0.1) is 17.2 Å². The molecule has 1 heterocycles. The molecule has 8 heteroatoms. The van der Waals surface area contributed by atoms with Gasteiger partial charge in [-0.2, -0.15) is 0 Å². The number of thioether (sulfide) groups is 1. The molecule has 4 aromatic rings. The van der Waals surface area contributed by atoms with E-state index in [0.717, 1.165) is 50.4 Å².